The van der Waals surface area contributed by atoms with Gasteiger partial charge in [-0.05, 0) is 60.4 Å². The van der Waals surface area contributed by atoms with Crippen LogP contribution in [0.2, 0.25) is 0 Å². The smallest absolute Gasteiger partial charge is 0.257 e. The van der Waals surface area contributed by atoms with Crippen LogP contribution in [0.5, 0.6) is 0 Å². The van der Waals surface area contributed by atoms with Gasteiger partial charge < -0.3 is 10.2 Å². The fourth-order valence-corrected chi connectivity index (χ4v) is 4.47. The molecule has 0 unspecified atom stereocenters. The van der Waals surface area contributed by atoms with Gasteiger partial charge in [0.25, 0.3) is 11.8 Å². The van der Waals surface area contributed by atoms with Crippen molar-refractivity contribution < 1.29 is 14.0 Å². The van der Waals surface area contributed by atoms with Crippen LogP contribution in [0.1, 0.15) is 62.7 Å². The van der Waals surface area contributed by atoms with Gasteiger partial charge in [-0.15, -0.1) is 0 Å². The average Bonchev–Trinajstić information content (AvgIpc) is 2.90. The number of carbonyl (C=O) groups is 2. The first-order chi connectivity index (χ1) is 16.8. The number of anilines is 1. The monoisotopic (exact) mass is 470 g/mol. The van der Waals surface area contributed by atoms with Gasteiger partial charge >= 0.3 is 0 Å². The molecule has 0 bridgehead atoms. The topological polar surface area (TPSA) is 86.1 Å². The van der Waals surface area contributed by atoms with Crippen molar-refractivity contribution in [2.24, 2.45) is 0 Å². The van der Waals surface area contributed by atoms with Crippen molar-refractivity contribution in [3.8, 4) is 6.07 Å². The lowest BCUT2D eigenvalue weighted by molar-refractivity contribution is 0.0421. The quantitative estimate of drug-likeness (QED) is 0.557. The summed E-state index contributed by atoms with van der Waals surface area (Å²) >= 11 is 0. The zero-order valence-electron chi connectivity index (χ0n) is 19.8. The largest absolute Gasteiger partial charge is 0.338 e. The highest BCUT2D eigenvalue weighted by atomic mass is 19.1. The van der Waals surface area contributed by atoms with Crippen molar-refractivity contribution in [2.45, 2.75) is 38.8 Å². The molecule has 1 aliphatic rings. The molecule has 4 rings (SSSR count). The fourth-order valence-electron chi connectivity index (χ4n) is 4.47. The molecule has 0 radical (unpaired) electrons. The summed E-state index contributed by atoms with van der Waals surface area (Å²) in [7, 11) is 0. The molecule has 178 valence electrons. The van der Waals surface area contributed by atoms with E-state index in [0.29, 0.717) is 34.4 Å². The number of carbonyl (C=O) groups excluding carboxylic acids is 2. The molecule has 1 saturated heterocycles. The summed E-state index contributed by atoms with van der Waals surface area (Å²) in [6, 6.07) is 15.6. The summed E-state index contributed by atoms with van der Waals surface area (Å²) in [5.41, 5.74) is 2.75. The number of amides is 2. The summed E-state index contributed by atoms with van der Waals surface area (Å²) in [6.07, 6.45) is 4.15. The highest BCUT2D eigenvalue weighted by molar-refractivity contribution is 6.05. The predicted octanol–water partition coefficient (Wildman–Crippen LogP) is 5.18. The molecule has 6 nitrogen and oxygen atoms in total. The Bertz CT molecular complexity index is 1270. The van der Waals surface area contributed by atoms with Gasteiger partial charge in [-0.1, -0.05) is 25.1 Å². The van der Waals surface area contributed by atoms with E-state index >= 15 is 4.39 Å². The number of nitriles is 1. The standard InChI is InChI=1S/C28H27FN4O2/c1-3-21-15-19(2)24(16-25(21)32-26(34)22-5-4-12-31-18-22)27(35)33-13-10-28(29,11-14-33)23-8-6-20(17-30)7-9-23/h4-9,12,15-16,18H,3,10-11,13-14H2,1-2H3,(H,32,34). The zero-order chi connectivity index (χ0) is 25.0. The van der Waals surface area contributed by atoms with E-state index in [1.807, 2.05) is 26.0 Å². The number of alkyl halides is 1. The summed E-state index contributed by atoms with van der Waals surface area (Å²) in [5.74, 6) is -0.471. The number of benzene rings is 2. The molecule has 1 aromatic heterocycles. The third-order valence-electron chi connectivity index (χ3n) is 6.61. The minimum absolute atomic E-state index is 0.177. The molecule has 0 aliphatic carbocycles. The number of aromatic nitrogens is 1. The highest BCUT2D eigenvalue weighted by Crippen LogP contribution is 2.37. The van der Waals surface area contributed by atoms with E-state index < -0.39 is 5.67 Å². The van der Waals surface area contributed by atoms with Crippen molar-refractivity contribution in [3.05, 3.63) is 94.3 Å². The number of aryl methyl sites for hydroxylation is 2. The number of hydrogen-bond donors (Lipinski definition) is 1. The SMILES string of the molecule is CCc1cc(C)c(C(=O)N2CCC(F)(c3ccc(C#N)cc3)CC2)cc1NC(=O)c1cccnc1. The minimum atomic E-state index is -1.53. The van der Waals surface area contributed by atoms with Crippen LogP contribution in [0.4, 0.5) is 10.1 Å². The van der Waals surface area contributed by atoms with Crippen LogP contribution in [0, 0.1) is 18.3 Å². The Kier molecular flexibility index (Phi) is 6.92. The van der Waals surface area contributed by atoms with Crippen LogP contribution in [0.25, 0.3) is 0 Å². The van der Waals surface area contributed by atoms with Crippen LogP contribution in [0.15, 0.2) is 60.9 Å². The molecule has 0 spiro atoms. The Morgan fingerprint density at radius 3 is 2.49 bits per heavy atom. The molecule has 1 aliphatic heterocycles. The number of hydrogen-bond acceptors (Lipinski definition) is 4. The van der Waals surface area contributed by atoms with E-state index in [2.05, 4.69) is 10.3 Å². The van der Waals surface area contributed by atoms with Gasteiger partial charge in [-0.2, -0.15) is 5.26 Å². The summed E-state index contributed by atoms with van der Waals surface area (Å²) in [6.45, 7) is 4.42. The molecule has 2 aromatic carbocycles. The predicted molar refractivity (Wildman–Crippen MR) is 132 cm³/mol. The van der Waals surface area contributed by atoms with Gasteiger partial charge in [0.05, 0.1) is 17.2 Å². The number of pyridine rings is 1. The average molecular weight is 471 g/mol. The Balaban J connectivity index is 1.51. The van der Waals surface area contributed by atoms with E-state index in [1.54, 1.807) is 53.6 Å². The van der Waals surface area contributed by atoms with Crippen LogP contribution in [-0.4, -0.2) is 34.8 Å². The second-order valence-electron chi connectivity index (χ2n) is 8.82. The molecular formula is C28H27FN4O2. The summed E-state index contributed by atoms with van der Waals surface area (Å²) < 4.78 is 15.7. The molecule has 1 fully saturated rings. The third kappa shape index (κ3) is 5.07. The lowest BCUT2D eigenvalue weighted by Gasteiger charge is -2.37. The number of likely N-dealkylation sites (tertiary alicyclic amines) is 1. The highest BCUT2D eigenvalue weighted by Gasteiger charge is 2.38. The first kappa shape index (κ1) is 24.1. The van der Waals surface area contributed by atoms with Gasteiger partial charge in [0.1, 0.15) is 5.67 Å². The van der Waals surface area contributed by atoms with Crippen molar-refractivity contribution in [1.82, 2.24) is 9.88 Å². The Morgan fingerprint density at radius 1 is 1.17 bits per heavy atom. The Morgan fingerprint density at radius 2 is 1.89 bits per heavy atom. The normalized spacial score (nSPS) is 14.7. The number of rotatable bonds is 5. The third-order valence-corrected chi connectivity index (χ3v) is 6.61. The molecule has 2 heterocycles. The maximum absolute atomic E-state index is 15.7. The molecule has 3 aromatic rings. The first-order valence-corrected chi connectivity index (χ1v) is 11.7. The number of halogens is 1. The van der Waals surface area contributed by atoms with E-state index in [1.165, 1.54) is 6.20 Å². The van der Waals surface area contributed by atoms with Crippen LogP contribution < -0.4 is 5.32 Å². The minimum Gasteiger partial charge on any atom is -0.338 e. The molecule has 0 saturated carbocycles. The summed E-state index contributed by atoms with van der Waals surface area (Å²) in [4.78, 5) is 31.8. The fraction of sp³-hybridized carbons (Fsp3) is 0.286. The van der Waals surface area contributed by atoms with Crippen LogP contribution >= 0.6 is 0 Å². The van der Waals surface area contributed by atoms with Crippen molar-refractivity contribution >= 4 is 17.5 Å². The van der Waals surface area contributed by atoms with Crippen molar-refractivity contribution in [3.63, 3.8) is 0 Å². The van der Waals surface area contributed by atoms with Gasteiger partial charge in [0.15, 0.2) is 0 Å². The molecular weight excluding hydrogens is 443 g/mol. The van der Waals surface area contributed by atoms with E-state index in [4.69, 9.17) is 5.26 Å². The van der Waals surface area contributed by atoms with E-state index in [-0.39, 0.29) is 37.7 Å². The number of piperidine rings is 1. The lowest BCUT2D eigenvalue weighted by Crippen LogP contribution is -2.43. The second-order valence-corrected chi connectivity index (χ2v) is 8.82. The van der Waals surface area contributed by atoms with E-state index in [9.17, 15) is 9.59 Å². The van der Waals surface area contributed by atoms with Gasteiger partial charge in [0.2, 0.25) is 0 Å². The molecule has 7 heteroatoms. The van der Waals surface area contributed by atoms with Crippen molar-refractivity contribution in [2.75, 3.05) is 18.4 Å². The maximum atomic E-state index is 15.7. The molecule has 2 amide bonds. The maximum Gasteiger partial charge on any atom is 0.257 e. The van der Waals surface area contributed by atoms with Gasteiger partial charge in [-0.3, -0.25) is 14.6 Å². The molecule has 35 heavy (non-hydrogen) atoms. The lowest BCUT2D eigenvalue weighted by atomic mass is 9.85. The zero-order valence-corrected chi connectivity index (χ0v) is 19.8. The van der Waals surface area contributed by atoms with Gasteiger partial charge in [-0.25, -0.2) is 4.39 Å². The van der Waals surface area contributed by atoms with E-state index in [0.717, 1.165) is 11.1 Å². The van der Waals surface area contributed by atoms with Crippen LogP contribution in [0.3, 0.4) is 0 Å². The Labute approximate surface area is 204 Å². The first-order valence-electron chi connectivity index (χ1n) is 11.7. The van der Waals surface area contributed by atoms with Crippen LogP contribution in [-0.2, 0) is 12.1 Å². The number of nitrogens with zero attached hydrogens (tertiary/aromatic N) is 3. The van der Waals surface area contributed by atoms with Crippen molar-refractivity contribution in [1.29, 1.82) is 5.26 Å². The van der Waals surface area contributed by atoms with Gasteiger partial charge in [0, 0.05) is 49.6 Å². The summed E-state index contributed by atoms with van der Waals surface area (Å²) in [5, 5.41) is 11.9. The molecule has 0 atom stereocenters. The Hall–Kier alpha value is -4.05. The molecule has 1 N–H and O–H groups in total. The number of nitrogens with one attached hydrogen (secondary N) is 1. The second kappa shape index (κ2) is 10.1.